The Morgan fingerprint density at radius 3 is 2.54 bits per heavy atom. The highest BCUT2D eigenvalue weighted by Gasteiger charge is 2.36. The molecule has 1 amide bonds. The normalized spacial score (nSPS) is 16.5. The van der Waals surface area contributed by atoms with Gasteiger partial charge in [0.15, 0.2) is 0 Å². The van der Waals surface area contributed by atoms with Crippen molar-refractivity contribution in [1.29, 1.82) is 0 Å². The number of H-pyrrole nitrogens is 1. The largest absolute Gasteiger partial charge is 0.385 e. The van der Waals surface area contributed by atoms with Crippen LogP contribution in [0.1, 0.15) is 39.5 Å². The van der Waals surface area contributed by atoms with Crippen LogP contribution in [0.25, 0.3) is 10.2 Å². The molecule has 1 aliphatic heterocycles. The number of amides is 1. The molecule has 1 aromatic carbocycles. The maximum atomic E-state index is 13.1. The molecule has 1 fully saturated rings. The highest BCUT2D eigenvalue weighted by Crippen LogP contribution is 2.35. The highest BCUT2D eigenvalue weighted by molar-refractivity contribution is 7.20. The summed E-state index contributed by atoms with van der Waals surface area (Å²) < 4.78 is 0. The summed E-state index contributed by atoms with van der Waals surface area (Å²) in [5.41, 5.74) is 0.295. The molecule has 1 saturated heterocycles. The van der Waals surface area contributed by atoms with Gasteiger partial charge in [-0.15, -0.1) is 11.3 Å². The minimum Gasteiger partial charge on any atom is -0.385 e. The third-order valence-electron chi connectivity index (χ3n) is 5.37. The van der Waals surface area contributed by atoms with E-state index in [1.807, 2.05) is 12.1 Å². The number of carbonyl (C=O) groups is 1. The molecule has 1 aliphatic rings. The molecular weight excluding hydrogens is 398 g/mol. The van der Waals surface area contributed by atoms with Gasteiger partial charge in [-0.25, -0.2) is 4.98 Å². The molecule has 3 heterocycles. The Kier molecular flexibility index (Phi) is 4.77. The van der Waals surface area contributed by atoms with E-state index in [9.17, 15) is 14.7 Å². The number of aliphatic hydroxyl groups is 1. The average Bonchev–Trinajstić information content (AvgIpc) is 2.98. The Labute approximate surface area is 170 Å². The number of hydrogen-bond acceptors (Lipinski definition) is 5. The van der Waals surface area contributed by atoms with Crippen molar-refractivity contribution in [1.82, 2.24) is 14.9 Å². The summed E-state index contributed by atoms with van der Waals surface area (Å²) in [6.45, 7) is 4.38. The number of piperidine rings is 1. The summed E-state index contributed by atoms with van der Waals surface area (Å²) in [5.74, 6) is 0.416. The van der Waals surface area contributed by atoms with Crippen molar-refractivity contribution in [2.45, 2.75) is 32.3 Å². The topological polar surface area (TPSA) is 86.3 Å². The maximum Gasteiger partial charge on any atom is 0.264 e. The molecule has 4 rings (SSSR count). The zero-order valence-corrected chi connectivity index (χ0v) is 17.2. The molecular formula is C20H20ClN3O3S. The molecule has 0 aliphatic carbocycles. The summed E-state index contributed by atoms with van der Waals surface area (Å²) in [6, 6.07) is 7.19. The predicted molar refractivity (Wildman–Crippen MR) is 110 cm³/mol. The standard InChI is InChI=1S/C20H20ClN3O3S/c1-11-15-17(25)22-12(2)23-18(15)28-16(11)19(26)24-9-7-20(27,8-10-24)13-3-5-14(21)6-4-13/h3-6,27H,7-10H2,1-2H3,(H,22,23,25). The Hall–Kier alpha value is -2.22. The lowest BCUT2D eigenvalue weighted by molar-refractivity contribution is -0.0210. The van der Waals surface area contributed by atoms with Gasteiger partial charge in [-0.2, -0.15) is 0 Å². The number of nitrogens with zero attached hydrogens (tertiary/aromatic N) is 2. The van der Waals surface area contributed by atoms with Gasteiger partial charge in [-0.05, 0) is 49.9 Å². The van der Waals surface area contributed by atoms with E-state index in [-0.39, 0.29) is 11.5 Å². The van der Waals surface area contributed by atoms with E-state index in [2.05, 4.69) is 9.97 Å². The number of nitrogens with one attached hydrogen (secondary N) is 1. The van der Waals surface area contributed by atoms with Gasteiger partial charge in [0.05, 0.1) is 15.9 Å². The van der Waals surface area contributed by atoms with Crippen LogP contribution in [-0.4, -0.2) is 39.0 Å². The average molecular weight is 418 g/mol. The lowest BCUT2D eigenvalue weighted by Gasteiger charge is -2.38. The number of halogens is 1. The molecule has 2 aromatic heterocycles. The smallest absolute Gasteiger partial charge is 0.264 e. The van der Waals surface area contributed by atoms with E-state index in [1.54, 1.807) is 30.9 Å². The first-order chi connectivity index (χ1) is 13.3. The lowest BCUT2D eigenvalue weighted by Crippen LogP contribution is -2.45. The van der Waals surface area contributed by atoms with Gasteiger partial charge >= 0.3 is 0 Å². The summed E-state index contributed by atoms with van der Waals surface area (Å²) in [7, 11) is 0. The van der Waals surface area contributed by atoms with Crippen molar-refractivity contribution >= 4 is 39.1 Å². The minimum atomic E-state index is -0.966. The Balaban J connectivity index is 1.57. The molecule has 0 saturated carbocycles. The van der Waals surface area contributed by atoms with Crippen molar-refractivity contribution in [2.24, 2.45) is 0 Å². The monoisotopic (exact) mass is 417 g/mol. The summed E-state index contributed by atoms with van der Waals surface area (Å²) in [5, 5.41) is 12.1. The maximum absolute atomic E-state index is 13.1. The molecule has 0 atom stereocenters. The van der Waals surface area contributed by atoms with Crippen molar-refractivity contribution in [2.75, 3.05) is 13.1 Å². The number of fused-ring (bicyclic) bond motifs is 1. The molecule has 3 aromatic rings. The van der Waals surface area contributed by atoms with E-state index < -0.39 is 5.60 Å². The predicted octanol–water partition coefficient (Wildman–Crippen LogP) is 3.38. The van der Waals surface area contributed by atoms with E-state index in [0.717, 1.165) is 5.56 Å². The first-order valence-electron chi connectivity index (χ1n) is 9.06. The van der Waals surface area contributed by atoms with Crippen LogP contribution in [0.15, 0.2) is 29.1 Å². The Morgan fingerprint density at radius 1 is 1.25 bits per heavy atom. The van der Waals surface area contributed by atoms with Crippen LogP contribution in [-0.2, 0) is 5.60 Å². The van der Waals surface area contributed by atoms with E-state index in [0.29, 0.717) is 57.4 Å². The zero-order valence-electron chi connectivity index (χ0n) is 15.6. The van der Waals surface area contributed by atoms with Crippen LogP contribution < -0.4 is 5.56 Å². The second kappa shape index (κ2) is 6.99. The second-order valence-electron chi connectivity index (χ2n) is 7.22. The molecule has 0 radical (unpaired) electrons. The third-order valence-corrected chi connectivity index (χ3v) is 6.80. The Morgan fingerprint density at radius 2 is 1.89 bits per heavy atom. The number of benzene rings is 1. The first-order valence-corrected chi connectivity index (χ1v) is 10.3. The van der Waals surface area contributed by atoms with Gasteiger partial charge < -0.3 is 15.0 Å². The summed E-state index contributed by atoms with van der Waals surface area (Å²) in [6.07, 6.45) is 0.893. The van der Waals surface area contributed by atoms with Crippen molar-refractivity contribution < 1.29 is 9.90 Å². The van der Waals surface area contributed by atoms with Gasteiger partial charge in [0.2, 0.25) is 0 Å². The minimum absolute atomic E-state index is 0.115. The zero-order chi connectivity index (χ0) is 20.1. The molecule has 146 valence electrons. The fourth-order valence-corrected chi connectivity index (χ4v) is 5.05. The van der Waals surface area contributed by atoms with E-state index in [4.69, 9.17) is 11.6 Å². The van der Waals surface area contributed by atoms with Gasteiger partial charge in [-0.1, -0.05) is 23.7 Å². The fraction of sp³-hybridized carbons (Fsp3) is 0.350. The number of rotatable bonds is 2. The molecule has 28 heavy (non-hydrogen) atoms. The molecule has 8 heteroatoms. The van der Waals surface area contributed by atoms with Crippen molar-refractivity contribution in [3.8, 4) is 0 Å². The highest BCUT2D eigenvalue weighted by atomic mass is 35.5. The quantitative estimate of drug-likeness (QED) is 0.669. The number of aromatic nitrogens is 2. The van der Waals surface area contributed by atoms with Crippen molar-refractivity contribution in [3.05, 3.63) is 61.5 Å². The molecule has 2 N–H and O–H groups in total. The molecule has 0 bridgehead atoms. The van der Waals surface area contributed by atoms with Gasteiger partial charge in [-0.3, -0.25) is 9.59 Å². The number of likely N-dealkylation sites (tertiary alicyclic amines) is 1. The number of hydrogen-bond donors (Lipinski definition) is 2. The molecule has 0 spiro atoms. The number of aryl methyl sites for hydroxylation is 2. The second-order valence-corrected chi connectivity index (χ2v) is 8.65. The lowest BCUT2D eigenvalue weighted by atomic mass is 9.84. The van der Waals surface area contributed by atoms with E-state index in [1.165, 1.54) is 11.3 Å². The van der Waals surface area contributed by atoms with Crippen LogP contribution in [0.3, 0.4) is 0 Å². The third kappa shape index (κ3) is 3.23. The van der Waals surface area contributed by atoms with Crippen molar-refractivity contribution in [3.63, 3.8) is 0 Å². The number of thiophene rings is 1. The number of aromatic amines is 1. The summed E-state index contributed by atoms with van der Waals surface area (Å²) >= 11 is 7.19. The van der Waals surface area contributed by atoms with Gasteiger partial charge in [0.1, 0.15) is 10.7 Å². The summed E-state index contributed by atoms with van der Waals surface area (Å²) in [4.78, 5) is 35.2. The van der Waals surface area contributed by atoms with Crippen LogP contribution in [0.5, 0.6) is 0 Å². The van der Waals surface area contributed by atoms with Crippen LogP contribution in [0.4, 0.5) is 0 Å². The molecule has 0 unspecified atom stereocenters. The van der Waals surface area contributed by atoms with Crippen LogP contribution in [0.2, 0.25) is 5.02 Å². The van der Waals surface area contributed by atoms with E-state index >= 15 is 0 Å². The van der Waals surface area contributed by atoms with Crippen LogP contribution >= 0.6 is 22.9 Å². The van der Waals surface area contributed by atoms with Gasteiger partial charge in [0.25, 0.3) is 11.5 Å². The first kappa shape index (κ1) is 19.1. The SMILES string of the molecule is Cc1nc2sc(C(=O)N3CCC(O)(c4ccc(Cl)cc4)CC3)c(C)c2c(=O)[nH]1. The number of carbonyl (C=O) groups excluding carboxylic acids is 1. The van der Waals surface area contributed by atoms with Crippen LogP contribution in [0, 0.1) is 13.8 Å². The molecule has 6 nitrogen and oxygen atoms in total. The Bertz CT molecular complexity index is 1110. The van der Waals surface area contributed by atoms with Gasteiger partial charge in [0, 0.05) is 18.1 Å². The fourth-order valence-electron chi connectivity index (χ4n) is 3.73.